The molecular weight excluding hydrogens is 386 g/mol. The van der Waals surface area contributed by atoms with E-state index in [-0.39, 0.29) is 12.1 Å². The zero-order valence-corrected chi connectivity index (χ0v) is 18.9. The minimum Gasteiger partial charge on any atom is -0.390 e. The zero-order chi connectivity index (χ0) is 21.2. The van der Waals surface area contributed by atoms with Crippen molar-refractivity contribution in [2.24, 2.45) is 17.8 Å². The number of carbonyl (C=O) groups excluding carboxylic acids is 1. The van der Waals surface area contributed by atoms with Crippen LogP contribution in [-0.2, 0) is 6.42 Å². The molecule has 4 aliphatic rings. The number of hydrazine groups is 1. The fourth-order valence-electron chi connectivity index (χ4n) is 5.53. The Hall–Kier alpha value is -1.59. The lowest BCUT2D eigenvalue weighted by Crippen LogP contribution is -2.53. The molecule has 1 aromatic rings. The molecule has 5 rings (SSSR count). The van der Waals surface area contributed by atoms with Gasteiger partial charge in [-0.05, 0) is 68.3 Å². The van der Waals surface area contributed by atoms with Gasteiger partial charge in [0.25, 0.3) is 0 Å². The van der Waals surface area contributed by atoms with Gasteiger partial charge >= 0.3 is 6.03 Å². The Morgan fingerprint density at radius 1 is 0.806 bits per heavy atom. The quantitative estimate of drug-likeness (QED) is 0.675. The Morgan fingerprint density at radius 3 is 2.13 bits per heavy atom. The van der Waals surface area contributed by atoms with Crippen molar-refractivity contribution >= 4 is 6.03 Å². The van der Waals surface area contributed by atoms with E-state index in [4.69, 9.17) is 0 Å². The highest BCUT2D eigenvalue weighted by molar-refractivity contribution is 5.75. The van der Waals surface area contributed by atoms with Crippen molar-refractivity contribution < 1.29 is 9.90 Å². The Bertz CT molecular complexity index is 727. The second-order valence-electron chi connectivity index (χ2n) is 10.6. The monoisotopic (exact) mass is 425 g/mol. The van der Waals surface area contributed by atoms with Crippen molar-refractivity contribution in [3.8, 4) is 0 Å². The summed E-state index contributed by atoms with van der Waals surface area (Å²) < 4.78 is 0. The number of urea groups is 1. The summed E-state index contributed by atoms with van der Waals surface area (Å²) in [6.45, 7) is 3.13. The minimum atomic E-state index is -0.518. The van der Waals surface area contributed by atoms with Gasteiger partial charge in [0.15, 0.2) is 0 Å². The zero-order valence-electron chi connectivity index (χ0n) is 18.9. The summed E-state index contributed by atoms with van der Waals surface area (Å²) in [5, 5.41) is 15.8. The molecule has 2 atom stereocenters. The van der Waals surface area contributed by atoms with E-state index in [2.05, 4.69) is 39.2 Å². The number of aliphatic hydroxyl groups is 1. The van der Waals surface area contributed by atoms with E-state index in [1.807, 2.05) is 6.07 Å². The SMILES string of the molecule is O=C1N(CC2CC2)[C@@H](Cc2ccccc2)[C@@H](O)CN(CC2CCCCC2)N1CC1CC1. The second-order valence-corrected chi connectivity index (χ2v) is 10.6. The molecule has 2 amide bonds. The number of hydrogen-bond acceptors (Lipinski definition) is 3. The van der Waals surface area contributed by atoms with Crippen LogP contribution < -0.4 is 0 Å². The number of rotatable bonds is 8. The molecule has 1 heterocycles. The summed E-state index contributed by atoms with van der Waals surface area (Å²) in [5.74, 6) is 1.91. The molecule has 5 heteroatoms. The molecule has 3 saturated carbocycles. The van der Waals surface area contributed by atoms with Gasteiger partial charge in [0.2, 0.25) is 0 Å². The topological polar surface area (TPSA) is 47.0 Å². The van der Waals surface area contributed by atoms with Crippen LogP contribution in [0.3, 0.4) is 0 Å². The van der Waals surface area contributed by atoms with E-state index in [1.54, 1.807) is 0 Å². The molecule has 0 radical (unpaired) electrons. The molecule has 170 valence electrons. The predicted molar refractivity (Wildman–Crippen MR) is 122 cm³/mol. The fourth-order valence-corrected chi connectivity index (χ4v) is 5.53. The number of hydrogen-bond donors (Lipinski definition) is 1. The van der Waals surface area contributed by atoms with Gasteiger partial charge < -0.3 is 10.0 Å². The molecule has 0 aromatic heterocycles. The van der Waals surface area contributed by atoms with Crippen molar-refractivity contribution in [2.75, 3.05) is 26.2 Å². The highest BCUT2D eigenvalue weighted by Crippen LogP contribution is 2.36. The number of nitrogens with zero attached hydrogens (tertiary/aromatic N) is 3. The van der Waals surface area contributed by atoms with Crippen molar-refractivity contribution in [3.05, 3.63) is 35.9 Å². The first-order chi connectivity index (χ1) is 15.2. The van der Waals surface area contributed by atoms with Gasteiger partial charge in [0.1, 0.15) is 0 Å². The Labute approximate surface area is 187 Å². The first-order valence-corrected chi connectivity index (χ1v) is 12.7. The first-order valence-electron chi connectivity index (χ1n) is 12.7. The second kappa shape index (κ2) is 9.50. The smallest absolute Gasteiger partial charge is 0.334 e. The summed E-state index contributed by atoms with van der Waals surface area (Å²) >= 11 is 0. The van der Waals surface area contributed by atoms with Crippen molar-refractivity contribution in [3.63, 3.8) is 0 Å². The van der Waals surface area contributed by atoms with Crippen molar-refractivity contribution in [2.45, 2.75) is 76.4 Å². The highest BCUT2D eigenvalue weighted by Gasteiger charge is 2.43. The molecular formula is C26H39N3O2. The summed E-state index contributed by atoms with van der Waals surface area (Å²) in [6.07, 6.45) is 11.6. The number of β-amino-alcohol motifs (C(OH)–C–C–N with tert-alkyl or cyclic N) is 1. The largest absolute Gasteiger partial charge is 0.390 e. The van der Waals surface area contributed by atoms with Crippen LogP contribution in [0.1, 0.15) is 63.4 Å². The van der Waals surface area contributed by atoms with Crippen LogP contribution in [0.2, 0.25) is 0 Å². The van der Waals surface area contributed by atoms with E-state index in [9.17, 15) is 9.90 Å². The van der Waals surface area contributed by atoms with Crippen LogP contribution in [0.25, 0.3) is 0 Å². The molecule has 3 aliphatic carbocycles. The highest BCUT2D eigenvalue weighted by atomic mass is 16.3. The van der Waals surface area contributed by atoms with Gasteiger partial charge in [-0.15, -0.1) is 0 Å². The van der Waals surface area contributed by atoms with Crippen LogP contribution in [0.4, 0.5) is 4.79 Å². The van der Waals surface area contributed by atoms with E-state index >= 15 is 0 Å². The first kappa shape index (κ1) is 21.3. The van der Waals surface area contributed by atoms with Gasteiger partial charge in [-0.3, -0.25) is 5.01 Å². The predicted octanol–water partition coefficient (Wildman–Crippen LogP) is 4.31. The van der Waals surface area contributed by atoms with Crippen LogP contribution in [0.5, 0.6) is 0 Å². The third kappa shape index (κ3) is 5.43. The summed E-state index contributed by atoms with van der Waals surface area (Å²) in [7, 11) is 0. The normalized spacial score (nSPS) is 28.7. The van der Waals surface area contributed by atoms with Crippen LogP contribution >= 0.6 is 0 Å². The molecule has 1 aliphatic heterocycles. The summed E-state index contributed by atoms with van der Waals surface area (Å²) in [5.41, 5.74) is 1.20. The van der Waals surface area contributed by atoms with Crippen LogP contribution in [-0.4, -0.2) is 64.4 Å². The lowest BCUT2D eigenvalue weighted by atomic mass is 9.89. The van der Waals surface area contributed by atoms with Crippen molar-refractivity contribution in [1.82, 2.24) is 14.9 Å². The van der Waals surface area contributed by atoms with Gasteiger partial charge in [0, 0.05) is 26.2 Å². The number of aliphatic hydroxyl groups excluding tert-OH is 1. The fraction of sp³-hybridized carbons (Fsp3) is 0.731. The summed E-state index contributed by atoms with van der Waals surface area (Å²) in [6, 6.07) is 10.4. The minimum absolute atomic E-state index is 0.145. The van der Waals surface area contributed by atoms with Gasteiger partial charge in [0.05, 0.1) is 12.1 Å². The Kier molecular flexibility index (Phi) is 6.51. The van der Waals surface area contributed by atoms with E-state index < -0.39 is 6.10 Å². The average molecular weight is 426 g/mol. The van der Waals surface area contributed by atoms with Crippen LogP contribution in [0, 0.1) is 17.8 Å². The van der Waals surface area contributed by atoms with Crippen LogP contribution in [0.15, 0.2) is 30.3 Å². The lowest BCUT2D eigenvalue weighted by molar-refractivity contribution is -0.0259. The molecule has 1 N–H and O–H groups in total. The maximum Gasteiger partial charge on any atom is 0.334 e. The Balaban J connectivity index is 1.40. The third-order valence-corrected chi connectivity index (χ3v) is 7.81. The molecule has 4 fully saturated rings. The molecule has 5 nitrogen and oxygen atoms in total. The lowest BCUT2D eigenvalue weighted by Gasteiger charge is -2.38. The van der Waals surface area contributed by atoms with E-state index in [1.165, 1.54) is 63.4 Å². The van der Waals surface area contributed by atoms with E-state index in [0.717, 1.165) is 26.1 Å². The van der Waals surface area contributed by atoms with E-state index in [0.29, 0.717) is 24.3 Å². The maximum absolute atomic E-state index is 14.0. The third-order valence-electron chi connectivity index (χ3n) is 7.81. The molecule has 1 aromatic carbocycles. The number of carbonyl (C=O) groups is 1. The summed E-state index contributed by atoms with van der Waals surface area (Å²) in [4.78, 5) is 16.0. The molecule has 0 bridgehead atoms. The average Bonchev–Trinajstić information content (AvgIpc) is 3.70. The molecule has 0 unspecified atom stereocenters. The maximum atomic E-state index is 14.0. The molecule has 1 saturated heterocycles. The van der Waals surface area contributed by atoms with Gasteiger partial charge in [-0.25, -0.2) is 9.80 Å². The molecule has 31 heavy (non-hydrogen) atoms. The standard InChI is InChI=1S/C26H39N3O2/c30-25-19-27(16-21-9-5-2-6-10-21)29(18-23-13-14-23)26(31)28(17-22-11-12-22)24(25)15-20-7-3-1-4-8-20/h1,3-4,7-8,21-25,30H,2,5-6,9-19H2/t24-,25-/m0/s1. The number of benzene rings is 1. The molecule has 0 spiro atoms. The van der Waals surface area contributed by atoms with Crippen molar-refractivity contribution in [1.29, 1.82) is 0 Å². The van der Waals surface area contributed by atoms with Gasteiger partial charge in [-0.1, -0.05) is 49.6 Å². The Morgan fingerprint density at radius 2 is 1.45 bits per heavy atom. The number of amides is 2. The van der Waals surface area contributed by atoms with Gasteiger partial charge in [-0.2, -0.15) is 0 Å².